The number of rotatable bonds is 1. The quantitative estimate of drug-likeness (QED) is 0.367. The summed E-state index contributed by atoms with van der Waals surface area (Å²) in [4.78, 5) is 0. The molecular formula is C19H19N2+. The summed E-state index contributed by atoms with van der Waals surface area (Å²) >= 11 is 0. The molecule has 0 unspecified atom stereocenters. The fourth-order valence-electron chi connectivity index (χ4n) is 3.59. The second kappa shape index (κ2) is 4.32. The number of aryl methyl sites for hydroxylation is 3. The molecule has 0 aliphatic carbocycles. The second-order valence-corrected chi connectivity index (χ2v) is 5.75. The number of fused-ring (bicyclic) bond motifs is 6. The molecule has 0 radical (unpaired) electrons. The molecule has 0 bridgehead atoms. The summed E-state index contributed by atoms with van der Waals surface area (Å²) in [6, 6.07) is 15.3. The number of nitrogens with zero attached hydrogens (tertiary/aromatic N) is 2. The van der Waals surface area contributed by atoms with E-state index in [0.29, 0.717) is 0 Å². The summed E-state index contributed by atoms with van der Waals surface area (Å²) in [5.41, 5.74) is 3.94. The van der Waals surface area contributed by atoms with E-state index in [1.54, 1.807) is 0 Å². The molecule has 2 aromatic carbocycles. The van der Waals surface area contributed by atoms with Crippen LogP contribution in [0.15, 0.2) is 48.7 Å². The van der Waals surface area contributed by atoms with Gasteiger partial charge in [-0.1, -0.05) is 37.3 Å². The topological polar surface area (TPSA) is 8.29 Å². The molecule has 2 heterocycles. The van der Waals surface area contributed by atoms with Gasteiger partial charge in [0, 0.05) is 17.2 Å². The van der Waals surface area contributed by atoms with E-state index in [1.165, 1.54) is 38.6 Å². The molecular weight excluding hydrogens is 256 g/mol. The van der Waals surface area contributed by atoms with E-state index in [9.17, 15) is 0 Å². The van der Waals surface area contributed by atoms with Gasteiger partial charge in [0.2, 0.25) is 0 Å². The maximum absolute atomic E-state index is 2.42. The third-order valence-electron chi connectivity index (χ3n) is 4.50. The van der Waals surface area contributed by atoms with Crippen LogP contribution >= 0.6 is 0 Å². The van der Waals surface area contributed by atoms with Crippen molar-refractivity contribution in [3.05, 3.63) is 60.0 Å². The number of pyridine rings is 1. The van der Waals surface area contributed by atoms with Crippen LogP contribution in [-0.2, 0) is 13.5 Å². The minimum absolute atomic E-state index is 1.02. The summed E-state index contributed by atoms with van der Waals surface area (Å²) < 4.78 is 4.67. The highest BCUT2D eigenvalue weighted by molar-refractivity contribution is 6.13. The van der Waals surface area contributed by atoms with Crippen molar-refractivity contribution in [2.75, 3.05) is 0 Å². The van der Waals surface area contributed by atoms with Crippen LogP contribution in [0.1, 0.15) is 18.3 Å². The molecule has 4 rings (SSSR count). The van der Waals surface area contributed by atoms with Crippen LogP contribution in [0.25, 0.3) is 27.2 Å². The number of hydrogen-bond acceptors (Lipinski definition) is 0. The molecule has 0 aliphatic rings. The fraction of sp³-hybridized carbons (Fsp3) is 0.211. The molecule has 0 saturated carbocycles. The van der Waals surface area contributed by atoms with E-state index in [-0.39, 0.29) is 0 Å². The summed E-state index contributed by atoms with van der Waals surface area (Å²) in [6.45, 7) is 4.42. The molecule has 0 fully saturated rings. The number of imidazole rings is 1. The van der Waals surface area contributed by atoms with Gasteiger partial charge < -0.3 is 0 Å². The lowest BCUT2D eigenvalue weighted by molar-refractivity contribution is -0.677. The number of aromatic nitrogens is 2. The Balaban J connectivity index is 2.44. The SMILES string of the molecule is CCc1n2c(c[n+]1C)c1ccccc1c1c(C)cccc12. The first-order chi connectivity index (χ1) is 10.2. The third kappa shape index (κ3) is 1.56. The van der Waals surface area contributed by atoms with Gasteiger partial charge in [0.05, 0.1) is 7.05 Å². The smallest absolute Gasteiger partial charge is 0.236 e. The van der Waals surface area contributed by atoms with E-state index >= 15 is 0 Å². The van der Waals surface area contributed by atoms with Gasteiger partial charge in [0.25, 0.3) is 5.82 Å². The lowest BCUT2D eigenvalue weighted by atomic mass is 10.0. The Morgan fingerprint density at radius 3 is 2.48 bits per heavy atom. The van der Waals surface area contributed by atoms with Crippen LogP contribution in [0.2, 0.25) is 0 Å². The minimum atomic E-state index is 1.02. The minimum Gasteiger partial charge on any atom is -0.236 e. The van der Waals surface area contributed by atoms with Crippen molar-refractivity contribution in [1.29, 1.82) is 0 Å². The molecule has 2 nitrogen and oxygen atoms in total. The molecule has 0 atom stereocenters. The van der Waals surface area contributed by atoms with Gasteiger partial charge in [-0.05, 0) is 30.0 Å². The van der Waals surface area contributed by atoms with Crippen LogP contribution in [0, 0.1) is 6.92 Å². The van der Waals surface area contributed by atoms with Crippen LogP contribution in [-0.4, -0.2) is 4.40 Å². The molecule has 0 saturated heterocycles. The predicted octanol–water partition coefficient (Wildman–Crippen LogP) is 3.94. The van der Waals surface area contributed by atoms with Gasteiger partial charge in [-0.2, -0.15) is 4.40 Å². The predicted molar refractivity (Wildman–Crippen MR) is 87.7 cm³/mol. The Kier molecular flexibility index (Phi) is 2.55. The second-order valence-electron chi connectivity index (χ2n) is 5.75. The molecule has 4 aromatic rings. The Bertz CT molecular complexity index is 993. The first kappa shape index (κ1) is 12.4. The number of hydrogen-bond donors (Lipinski definition) is 0. The van der Waals surface area contributed by atoms with Crippen molar-refractivity contribution >= 4 is 27.2 Å². The van der Waals surface area contributed by atoms with Crippen LogP contribution in [0.3, 0.4) is 0 Å². The molecule has 21 heavy (non-hydrogen) atoms. The molecule has 0 aliphatic heterocycles. The average Bonchev–Trinajstić information content (AvgIpc) is 2.84. The van der Waals surface area contributed by atoms with E-state index < -0.39 is 0 Å². The highest BCUT2D eigenvalue weighted by Gasteiger charge is 2.20. The summed E-state index contributed by atoms with van der Waals surface area (Å²) in [6.07, 6.45) is 3.27. The van der Waals surface area contributed by atoms with Crippen molar-refractivity contribution in [2.45, 2.75) is 20.3 Å². The van der Waals surface area contributed by atoms with E-state index in [0.717, 1.165) is 6.42 Å². The Morgan fingerprint density at radius 2 is 1.71 bits per heavy atom. The zero-order valence-electron chi connectivity index (χ0n) is 12.7. The fourth-order valence-corrected chi connectivity index (χ4v) is 3.59. The molecule has 0 spiro atoms. The van der Waals surface area contributed by atoms with Crippen molar-refractivity contribution in [3.8, 4) is 0 Å². The third-order valence-corrected chi connectivity index (χ3v) is 4.50. The maximum atomic E-state index is 2.42. The van der Waals surface area contributed by atoms with E-state index in [1.807, 2.05) is 0 Å². The van der Waals surface area contributed by atoms with Crippen molar-refractivity contribution < 1.29 is 4.57 Å². The zero-order valence-corrected chi connectivity index (χ0v) is 12.7. The zero-order chi connectivity index (χ0) is 14.6. The first-order valence-corrected chi connectivity index (χ1v) is 7.52. The molecule has 0 N–H and O–H groups in total. The van der Waals surface area contributed by atoms with Crippen LogP contribution in [0.4, 0.5) is 0 Å². The molecule has 0 amide bonds. The highest BCUT2D eigenvalue weighted by atomic mass is 15.1. The van der Waals surface area contributed by atoms with E-state index in [4.69, 9.17) is 0 Å². The van der Waals surface area contributed by atoms with Crippen LogP contribution < -0.4 is 4.57 Å². The Hall–Kier alpha value is -2.35. The van der Waals surface area contributed by atoms with Gasteiger partial charge in [0.15, 0.2) is 5.52 Å². The Morgan fingerprint density at radius 1 is 0.952 bits per heavy atom. The largest absolute Gasteiger partial charge is 0.261 e. The molecule has 2 heteroatoms. The number of benzene rings is 2. The standard InChI is InChI=1S/C19H19N2/c1-4-18-20(3)12-17-14-9-5-6-10-15(14)19-13(2)8-7-11-16(19)21(17)18/h5-12H,4H2,1-3H3/q+1. The molecule has 2 aromatic heterocycles. The van der Waals surface area contributed by atoms with Crippen molar-refractivity contribution in [3.63, 3.8) is 0 Å². The van der Waals surface area contributed by atoms with Gasteiger partial charge >= 0.3 is 0 Å². The first-order valence-electron chi connectivity index (χ1n) is 7.52. The Labute approximate surface area is 124 Å². The lowest BCUT2D eigenvalue weighted by Gasteiger charge is -2.07. The van der Waals surface area contributed by atoms with Gasteiger partial charge in [-0.15, -0.1) is 0 Å². The summed E-state index contributed by atoms with van der Waals surface area (Å²) in [7, 11) is 2.14. The molecule has 104 valence electrons. The van der Waals surface area contributed by atoms with Crippen molar-refractivity contribution in [2.24, 2.45) is 7.05 Å². The highest BCUT2D eigenvalue weighted by Crippen LogP contribution is 2.31. The normalized spacial score (nSPS) is 11.8. The van der Waals surface area contributed by atoms with Crippen molar-refractivity contribution in [1.82, 2.24) is 4.40 Å². The summed E-state index contributed by atoms with van der Waals surface area (Å²) in [5, 5.41) is 4.04. The van der Waals surface area contributed by atoms with Gasteiger partial charge in [-0.3, -0.25) is 0 Å². The van der Waals surface area contributed by atoms with Gasteiger partial charge in [0.1, 0.15) is 11.7 Å². The van der Waals surface area contributed by atoms with Gasteiger partial charge in [-0.25, -0.2) is 4.57 Å². The van der Waals surface area contributed by atoms with E-state index in [2.05, 4.69) is 78.5 Å². The summed E-state index contributed by atoms with van der Waals surface area (Å²) in [5.74, 6) is 1.34. The lowest BCUT2D eigenvalue weighted by Crippen LogP contribution is -2.30. The average molecular weight is 275 g/mol. The van der Waals surface area contributed by atoms with Crippen LogP contribution in [0.5, 0.6) is 0 Å². The maximum Gasteiger partial charge on any atom is 0.261 e. The monoisotopic (exact) mass is 275 g/mol.